The second-order valence-electron chi connectivity index (χ2n) is 14.9. The number of halogens is 3. The first-order valence-electron chi connectivity index (χ1n) is 17.2. The Labute approximate surface area is 323 Å². The van der Waals surface area contributed by atoms with Gasteiger partial charge in [-0.2, -0.15) is 0 Å². The third kappa shape index (κ3) is 7.05. The summed E-state index contributed by atoms with van der Waals surface area (Å²) < 4.78 is 7.62. The van der Waals surface area contributed by atoms with Crippen molar-refractivity contribution in [3.63, 3.8) is 0 Å². The van der Waals surface area contributed by atoms with Gasteiger partial charge < -0.3 is 4.74 Å². The summed E-state index contributed by atoms with van der Waals surface area (Å²) in [5.41, 5.74) is 3.62. The van der Waals surface area contributed by atoms with Crippen molar-refractivity contribution in [2.75, 3.05) is 7.11 Å². The number of rotatable bonds is 1. The second-order valence-corrected chi connectivity index (χ2v) is 17.6. The molecule has 0 bridgehead atoms. The molecule has 2 fully saturated rings. The van der Waals surface area contributed by atoms with Crippen LogP contribution in [0.1, 0.15) is 107 Å². The molecule has 8 rings (SSSR count). The topological polar surface area (TPSA) is 112 Å². The normalized spacial score (nSPS) is 27.3. The fourth-order valence-electron chi connectivity index (χ4n) is 8.72. The van der Waals surface area contributed by atoms with Gasteiger partial charge in [-0.25, -0.2) is 0 Å². The van der Waals surface area contributed by atoms with Crippen LogP contribution < -0.4 is 0 Å². The molecule has 4 unspecified atom stereocenters. The summed E-state index contributed by atoms with van der Waals surface area (Å²) in [7, 11) is 1.28. The number of esters is 1. The number of hydrogen-bond donors (Lipinski definition) is 0. The average molecular weight is 883 g/mol. The van der Waals surface area contributed by atoms with Crippen LogP contribution in [0, 0.1) is 22.2 Å². The summed E-state index contributed by atoms with van der Waals surface area (Å²) in [6.07, 6.45) is 5.99. The number of aryl methyl sites for hydroxylation is 1. The first-order valence-corrected chi connectivity index (χ1v) is 19.6. The lowest BCUT2D eigenvalue weighted by atomic mass is 9.60. The Morgan fingerprint density at radius 1 is 0.686 bits per heavy atom. The Balaban J connectivity index is 0.000000139. The van der Waals surface area contributed by atoms with Crippen molar-refractivity contribution in [2.45, 2.75) is 78.1 Å². The summed E-state index contributed by atoms with van der Waals surface area (Å²) in [5, 5.41) is 0. The molecule has 0 amide bonds. The summed E-state index contributed by atoms with van der Waals surface area (Å²) in [5.74, 6) is 0.244. The Bertz CT molecular complexity index is 1990. The molecule has 5 aliphatic carbocycles. The molecule has 266 valence electrons. The maximum atomic E-state index is 12.9. The summed E-state index contributed by atoms with van der Waals surface area (Å²) in [4.78, 5) is 72.8. The van der Waals surface area contributed by atoms with Crippen molar-refractivity contribution in [1.82, 2.24) is 0 Å². The molecule has 2 spiro atoms. The molecule has 7 nitrogen and oxygen atoms in total. The highest BCUT2D eigenvalue weighted by atomic mass is 79.9. The zero-order valence-electron chi connectivity index (χ0n) is 28.8. The third-order valence-electron chi connectivity index (χ3n) is 11.5. The number of fused-ring (bicyclic) bond motifs is 3. The van der Waals surface area contributed by atoms with Crippen LogP contribution in [0.25, 0.3) is 0 Å². The number of Topliss-reactive ketones (excluding diaryl/α,β-unsaturated/α-hetero) is 5. The zero-order chi connectivity index (χ0) is 36.9. The lowest BCUT2D eigenvalue weighted by Crippen LogP contribution is -2.49. The van der Waals surface area contributed by atoms with Crippen LogP contribution >= 0.6 is 47.8 Å². The molecule has 10 heteroatoms. The molecule has 0 N–H and O–H groups in total. The Morgan fingerprint density at radius 3 is 1.76 bits per heavy atom. The molecule has 4 atom stereocenters. The van der Waals surface area contributed by atoms with E-state index in [9.17, 15) is 28.8 Å². The Kier molecular flexibility index (Phi) is 10.6. The first-order chi connectivity index (χ1) is 24.1. The van der Waals surface area contributed by atoms with E-state index < -0.39 is 16.8 Å². The van der Waals surface area contributed by atoms with Crippen LogP contribution in [0.15, 0.2) is 68.0 Å². The van der Waals surface area contributed by atoms with E-state index in [1.807, 2.05) is 61.5 Å². The number of carbonyl (C=O) groups is 6. The van der Waals surface area contributed by atoms with E-state index in [1.165, 1.54) is 12.7 Å². The highest BCUT2D eigenvalue weighted by Crippen LogP contribution is 2.53. The van der Waals surface area contributed by atoms with E-state index in [-0.39, 0.29) is 47.3 Å². The van der Waals surface area contributed by atoms with Gasteiger partial charge in [0.2, 0.25) is 0 Å². The van der Waals surface area contributed by atoms with Crippen LogP contribution in [-0.4, -0.2) is 42.0 Å². The largest absolute Gasteiger partial charge is 0.468 e. The summed E-state index contributed by atoms with van der Waals surface area (Å²) >= 11 is 10.2. The van der Waals surface area contributed by atoms with E-state index >= 15 is 0 Å². The maximum absolute atomic E-state index is 12.9. The van der Waals surface area contributed by atoms with Crippen molar-refractivity contribution in [3.8, 4) is 0 Å². The monoisotopic (exact) mass is 880 g/mol. The average Bonchev–Trinajstić information content (AvgIpc) is 3.69. The quantitative estimate of drug-likeness (QED) is 0.177. The van der Waals surface area contributed by atoms with Crippen molar-refractivity contribution in [2.24, 2.45) is 22.2 Å². The predicted octanol–water partition coefficient (Wildman–Crippen LogP) is 9.25. The Hall–Kier alpha value is -3.08. The van der Waals surface area contributed by atoms with E-state index in [4.69, 9.17) is 4.74 Å². The molecule has 0 aliphatic heterocycles. The third-order valence-corrected chi connectivity index (χ3v) is 13.0. The second kappa shape index (κ2) is 14.4. The predicted molar refractivity (Wildman–Crippen MR) is 203 cm³/mol. The fraction of sp³-hybridized carbons (Fsp3) is 0.415. The van der Waals surface area contributed by atoms with Crippen molar-refractivity contribution in [1.29, 1.82) is 0 Å². The van der Waals surface area contributed by atoms with Gasteiger partial charge in [-0.1, -0.05) is 72.9 Å². The van der Waals surface area contributed by atoms with Gasteiger partial charge in [-0.3, -0.25) is 28.8 Å². The highest BCUT2D eigenvalue weighted by Gasteiger charge is 2.57. The number of benzene rings is 3. The molecule has 2 saturated carbocycles. The molecule has 3 aromatic rings. The van der Waals surface area contributed by atoms with Crippen LogP contribution in [-0.2, 0) is 38.4 Å². The van der Waals surface area contributed by atoms with Crippen molar-refractivity contribution in [3.05, 3.63) is 101 Å². The van der Waals surface area contributed by atoms with E-state index in [1.54, 1.807) is 6.92 Å². The van der Waals surface area contributed by atoms with Crippen molar-refractivity contribution >= 4 is 82.7 Å². The van der Waals surface area contributed by atoms with Gasteiger partial charge in [0.1, 0.15) is 17.0 Å². The van der Waals surface area contributed by atoms with Gasteiger partial charge in [-0.15, -0.1) is 0 Å². The summed E-state index contributed by atoms with van der Waals surface area (Å²) in [6.45, 7) is 3.56. The maximum Gasteiger partial charge on any atom is 0.319 e. The lowest BCUT2D eigenvalue weighted by molar-refractivity contribution is -0.161. The van der Waals surface area contributed by atoms with Crippen molar-refractivity contribution < 1.29 is 33.5 Å². The fourth-order valence-corrected chi connectivity index (χ4v) is 9.81. The van der Waals surface area contributed by atoms with Crippen LogP contribution in [0.4, 0.5) is 0 Å². The standard InChI is InChI=1S/C17H17BrO4.C15H15BrO2.C9H7BrO/c1-16(15(21)22-2)9-17(6-5-13(16)19)8-10-3-4-11(18)7-12(10)14(17)20;1-9-7-15(5-4-13(9)17)8-10-2-3-11(16)6-12(10)14(15)18;10-7-3-1-6-2-4-9(11)8(6)5-7/h3-4,7H,5-6,8-9H2,1-2H3;2-3,6,9H,4-5,7-8H2,1H3;1,3,5H,2,4H2. The minimum Gasteiger partial charge on any atom is -0.468 e. The van der Waals surface area contributed by atoms with Crippen LogP contribution in [0.5, 0.6) is 0 Å². The molecule has 51 heavy (non-hydrogen) atoms. The SMILES string of the molecule is CC1CC2(CCC1=O)Cc1ccc(Br)cc1C2=O.COC(=O)C1(C)CC2(CCC1=O)Cc1ccc(Br)cc1C2=O.O=C1CCc2ccc(Br)cc21. The zero-order valence-corrected chi connectivity index (χ0v) is 33.6. The molecule has 0 aromatic heterocycles. The molecular formula is C41H39Br3O7. The van der Waals surface area contributed by atoms with Crippen LogP contribution in [0.2, 0.25) is 0 Å². The number of carbonyl (C=O) groups excluding carboxylic acids is 6. The van der Waals surface area contributed by atoms with Gasteiger partial charge in [0.15, 0.2) is 17.3 Å². The molecule has 5 aliphatic rings. The van der Waals surface area contributed by atoms with Gasteiger partial charge in [-0.05, 0) is 105 Å². The minimum atomic E-state index is -1.22. The number of ether oxygens (including phenoxy) is 1. The van der Waals surface area contributed by atoms with E-state index in [2.05, 4.69) is 47.8 Å². The molecular weight excluding hydrogens is 844 g/mol. The van der Waals surface area contributed by atoms with Gasteiger partial charge in [0.05, 0.1) is 7.11 Å². The number of ketones is 5. The molecule has 0 saturated heterocycles. The molecule has 3 aromatic carbocycles. The van der Waals surface area contributed by atoms with Crippen LogP contribution in [0.3, 0.4) is 0 Å². The Morgan fingerprint density at radius 2 is 1.20 bits per heavy atom. The molecule has 0 radical (unpaired) electrons. The van der Waals surface area contributed by atoms with E-state index in [0.29, 0.717) is 37.0 Å². The van der Waals surface area contributed by atoms with Gasteiger partial charge in [0, 0.05) is 66.1 Å². The first kappa shape index (κ1) is 37.7. The minimum absolute atomic E-state index is 0.0282. The number of methoxy groups -OCH3 is 1. The highest BCUT2D eigenvalue weighted by molar-refractivity contribution is 9.11. The summed E-state index contributed by atoms with van der Waals surface area (Å²) in [6, 6.07) is 17.5. The molecule has 0 heterocycles. The number of hydrogen-bond acceptors (Lipinski definition) is 7. The smallest absolute Gasteiger partial charge is 0.319 e. The lowest BCUT2D eigenvalue weighted by Gasteiger charge is -2.40. The van der Waals surface area contributed by atoms with Gasteiger partial charge >= 0.3 is 5.97 Å². The van der Waals surface area contributed by atoms with Gasteiger partial charge in [0.25, 0.3) is 0 Å². The van der Waals surface area contributed by atoms with E-state index in [0.717, 1.165) is 61.4 Å².